The number of likely N-dealkylation sites (N-methyl/N-ethyl adjacent to an activating group) is 2. The Balaban J connectivity index is 1.70. The fraction of sp³-hybridized carbons (Fsp3) is 0.562. The molecule has 1 N–H and O–H groups in total. The molecule has 1 aliphatic rings. The first-order valence-electron chi connectivity index (χ1n) is 7.54. The van der Waals surface area contributed by atoms with E-state index >= 15 is 0 Å². The summed E-state index contributed by atoms with van der Waals surface area (Å²) in [4.78, 5) is 15.9. The molecule has 2 rings (SSSR count). The molecule has 0 spiro atoms. The van der Waals surface area contributed by atoms with Gasteiger partial charge in [0.25, 0.3) is 0 Å². The van der Waals surface area contributed by atoms with Crippen LogP contribution in [0.25, 0.3) is 0 Å². The number of nitrogens with one attached hydrogen (secondary N) is 1. The summed E-state index contributed by atoms with van der Waals surface area (Å²) in [6.45, 7) is 3.88. The molecule has 0 unspecified atom stereocenters. The van der Waals surface area contributed by atoms with Crippen molar-refractivity contribution in [3.8, 4) is 0 Å². The molecular weight excluding hydrogens is 285 g/mol. The van der Waals surface area contributed by atoms with Gasteiger partial charge in [-0.25, -0.2) is 4.39 Å². The fourth-order valence-corrected chi connectivity index (χ4v) is 2.46. The van der Waals surface area contributed by atoms with E-state index in [1.165, 1.54) is 12.1 Å². The number of morpholine rings is 1. The summed E-state index contributed by atoms with van der Waals surface area (Å²) in [5, 5.41) is 3.14. The predicted molar refractivity (Wildman–Crippen MR) is 83.0 cm³/mol. The minimum absolute atomic E-state index is 0.0200. The Morgan fingerprint density at radius 1 is 1.55 bits per heavy atom. The average Bonchev–Trinajstić information content (AvgIpc) is 2.47. The third-order valence-electron chi connectivity index (χ3n) is 3.72. The molecule has 1 saturated heterocycles. The van der Waals surface area contributed by atoms with Crippen molar-refractivity contribution in [2.45, 2.75) is 12.6 Å². The molecule has 1 atom stereocenters. The predicted octanol–water partition coefficient (Wildman–Crippen LogP) is 0.704. The Hall–Kier alpha value is -1.50. The summed E-state index contributed by atoms with van der Waals surface area (Å²) in [6.07, 6.45) is 0.125. The maximum atomic E-state index is 13.1. The summed E-state index contributed by atoms with van der Waals surface area (Å²) in [5.41, 5.74) is 0.785. The number of halogens is 1. The quantitative estimate of drug-likeness (QED) is 0.840. The minimum Gasteiger partial charge on any atom is -0.374 e. The second-order valence-electron chi connectivity index (χ2n) is 5.77. The number of nitrogens with zero attached hydrogens (tertiary/aromatic N) is 2. The molecule has 0 radical (unpaired) electrons. The van der Waals surface area contributed by atoms with Gasteiger partial charge >= 0.3 is 0 Å². The van der Waals surface area contributed by atoms with Gasteiger partial charge in [0.2, 0.25) is 5.91 Å². The summed E-state index contributed by atoms with van der Waals surface area (Å²) in [7, 11) is 3.78. The Labute approximate surface area is 131 Å². The number of ether oxygens (including phenoxy) is 1. The van der Waals surface area contributed by atoms with E-state index in [9.17, 15) is 9.18 Å². The van der Waals surface area contributed by atoms with Crippen molar-refractivity contribution in [3.63, 3.8) is 0 Å². The molecule has 122 valence electrons. The Morgan fingerprint density at radius 3 is 3.09 bits per heavy atom. The molecule has 1 fully saturated rings. The SMILES string of the molecule is CN1CCO[C@H](CNCC(=O)N(C)Cc2cccc(F)c2)C1. The van der Waals surface area contributed by atoms with Gasteiger partial charge in [-0.3, -0.25) is 4.79 Å². The lowest BCUT2D eigenvalue weighted by Crippen LogP contribution is -2.46. The number of hydrogen-bond donors (Lipinski definition) is 1. The molecule has 1 heterocycles. The first-order valence-corrected chi connectivity index (χ1v) is 7.54. The smallest absolute Gasteiger partial charge is 0.236 e. The van der Waals surface area contributed by atoms with Gasteiger partial charge in [0.05, 0.1) is 19.3 Å². The van der Waals surface area contributed by atoms with Crippen LogP contribution >= 0.6 is 0 Å². The molecule has 1 aliphatic heterocycles. The van der Waals surface area contributed by atoms with Crippen LogP contribution in [0.15, 0.2) is 24.3 Å². The number of benzene rings is 1. The van der Waals surface area contributed by atoms with Gasteiger partial charge in [-0.15, -0.1) is 0 Å². The van der Waals surface area contributed by atoms with Crippen LogP contribution in [0, 0.1) is 5.82 Å². The van der Waals surface area contributed by atoms with Gasteiger partial charge in [-0.2, -0.15) is 0 Å². The maximum Gasteiger partial charge on any atom is 0.236 e. The number of rotatable bonds is 6. The van der Waals surface area contributed by atoms with Gasteiger partial charge in [-0.1, -0.05) is 12.1 Å². The van der Waals surface area contributed by atoms with Crippen molar-refractivity contribution < 1.29 is 13.9 Å². The van der Waals surface area contributed by atoms with Crippen molar-refractivity contribution in [1.82, 2.24) is 15.1 Å². The molecule has 6 heteroatoms. The van der Waals surface area contributed by atoms with Crippen molar-refractivity contribution in [3.05, 3.63) is 35.6 Å². The lowest BCUT2D eigenvalue weighted by atomic mass is 10.2. The molecule has 1 amide bonds. The van der Waals surface area contributed by atoms with Gasteiger partial charge in [0.15, 0.2) is 0 Å². The van der Waals surface area contributed by atoms with E-state index < -0.39 is 0 Å². The van der Waals surface area contributed by atoms with E-state index in [0.29, 0.717) is 13.1 Å². The Bertz CT molecular complexity index is 498. The van der Waals surface area contributed by atoms with Crippen LogP contribution in [0.4, 0.5) is 4.39 Å². The largest absolute Gasteiger partial charge is 0.374 e. The average molecular weight is 309 g/mol. The van der Waals surface area contributed by atoms with Crippen molar-refractivity contribution in [2.75, 3.05) is 46.9 Å². The third kappa shape index (κ3) is 5.36. The zero-order valence-corrected chi connectivity index (χ0v) is 13.2. The van der Waals surface area contributed by atoms with Gasteiger partial charge < -0.3 is 19.9 Å². The Kier molecular flexibility index (Phi) is 6.30. The standard InChI is InChI=1S/C16H24FN3O2/c1-19-6-7-22-15(12-19)9-18-10-16(21)20(2)11-13-4-3-5-14(17)8-13/h3-5,8,15,18H,6-7,9-12H2,1-2H3/t15-/m1/s1. The molecule has 1 aromatic carbocycles. The van der Waals surface area contributed by atoms with Gasteiger partial charge in [0, 0.05) is 33.2 Å². The monoisotopic (exact) mass is 309 g/mol. The highest BCUT2D eigenvalue weighted by atomic mass is 19.1. The summed E-state index contributed by atoms with van der Waals surface area (Å²) >= 11 is 0. The molecule has 5 nitrogen and oxygen atoms in total. The van der Waals surface area contributed by atoms with Gasteiger partial charge in [-0.05, 0) is 24.7 Å². The summed E-state index contributed by atoms with van der Waals surface area (Å²) < 4.78 is 18.8. The number of carbonyl (C=O) groups excluding carboxylic acids is 1. The second kappa shape index (κ2) is 8.22. The van der Waals surface area contributed by atoms with Crippen LogP contribution in [0.5, 0.6) is 0 Å². The first kappa shape index (κ1) is 16.9. The van der Waals surface area contributed by atoms with E-state index in [-0.39, 0.29) is 24.4 Å². The lowest BCUT2D eigenvalue weighted by Gasteiger charge is -2.30. The van der Waals surface area contributed by atoms with E-state index in [1.54, 1.807) is 18.0 Å². The van der Waals surface area contributed by atoms with Crippen LogP contribution in [-0.2, 0) is 16.1 Å². The lowest BCUT2D eigenvalue weighted by molar-refractivity contribution is -0.129. The zero-order valence-electron chi connectivity index (χ0n) is 13.2. The highest BCUT2D eigenvalue weighted by molar-refractivity contribution is 5.77. The van der Waals surface area contributed by atoms with E-state index in [0.717, 1.165) is 25.3 Å². The highest BCUT2D eigenvalue weighted by Gasteiger charge is 2.18. The number of amides is 1. The zero-order chi connectivity index (χ0) is 15.9. The molecule has 0 aliphatic carbocycles. The molecule has 1 aromatic rings. The third-order valence-corrected chi connectivity index (χ3v) is 3.72. The summed E-state index contributed by atoms with van der Waals surface area (Å²) in [6, 6.07) is 6.31. The fourth-order valence-electron chi connectivity index (χ4n) is 2.46. The van der Waals surface area contributed by atoms with Gasteiger partial charge in [0.1, 0.15) is 5.82 Å². The maximum absolute atomic E-state index is 13.1. The van der Waals surface area contributed by atoms with Crippen LogP contribution in [-0.4, -0.2) is 68.7 Å². The normalized spacial score (nSPS) is 19.1. The molecule has 0 aromatic heterocycles. The minimum atomic E-state index is -0.282. The van der Waals surface area contributed by atoms with Crippen LogP contribution < -0.4 is 5.32 Å². The van der Waals surface area contributed by atoms with Crippen molar-refractivity contribution in [1.29, 1.82) is 0 Å². The van der Waals surface area contributed by atoms with Crippen LogP contribution in [0.3, 0.4) is 0 Å². The van der Waals surface area contributed by atoms with Crippen LogP contribution in [0.2, 0.25) is 0 Å². The van der Waals surface area contributed by atoms with Crippen molar-refractivity contribution in [2.24, 2.45) is 0 Å². The van der Waals surface area contributed by atoms with E-state index in [1.807, 2.05) is 6.07 Å². The highest BCUT2D eigenvalue weighted by Crippen LogP contribution is 2.06. The molecular formula is C16H24FN3O2. The first-order chi connectivity index (χ1) is 10.5. The van der Waals surface area contributed by atoms with Crippen molar-refractivity contribution >= 4 is 5.91 Å². The Morgan fingerprint density at radius 2 is 2.36 bits per heavy atom. The second-order valence-corrected chi connectivity index (χ2v) is 5.77. The van der Waals surface area contributed by atoms with E-state index in [4.69, 9.17) is 4.74 Å². The van der Waals surface area contributed by atoms with E-state index in [2.05, 4.69) is 17.3 Å². The topological polar surface area (TPSA) is 44.8 Å². The number of carbonyl (C=O) groups is 1. The van der Waals surface area contributed by atoms with Crippen LogP contribution in [0.1, 0.15) is 5.56 Å². The molecule has 22 heavy (non-hydrogen) atoms. The summed E-state index contributed by atoms with van der Waals surface area (Å²) in [5.74, 6) is -0.302. The number of hydrogen-bond acceptors (Lipinski definition) is 4. The molecule has 0 saturated carbocycles. The molecule has 0 bridgehead atoms.